The molecule has 0 saturated carbocycles. The van der Waals surface area contributed by atoms with Crippen LogP contribution in [0.2, 0.25) is 0 Å². The van der Waals surface area contributed by atoms with Crippen molar-refractivity contribution in [3.63, 3.8) is 0 Å². The van der Waals surface area contributed by atoms with Gasteiger partial charge in [0.15, 0.2) is 0 Å². The Labute approximate surface area is 65.9 Å². The first-order valence-corrected chi connectivity index (χ1v) is 3.32. The first-order chi connectivity index (χ1) is 5.18. The van der Waals surface area contributed by atoms with Gasteiger partial charge in [0, 0.05) is 6.20 Å². The normalized spacial score (nSPS) is 9.18. The van der Waals surface area contributed by atoms with E-state index in [0.29, 0.717) is 5.82 Å². The van der Waals surface area contributed by atoms with Gasteiger partial charge in [0.1, 0.15) is 5.82 Å². The second-order valence-corrected chi connectivity index (χ2v) is 2.37. The number of pyridine rings is 1. The molecule has 0 radical (unpaired) electrons. The van der Waals surface area contributed by atoms with Gasteiger partial charge in [0.05, 0.1) is 5.82 Å². The zero-order valence-electron chi connectivity index (χ0n) is 6.46. The first kappa shape index (κ1) is 7.60. The predicted octanol–water partition coefficient (Wildman–Crippen LogP) is 1.23. The summed E-state index contributed by atoms with van der Waals surface area (Å²) in [6.45, 7) is 5.48. The van der Waals surface area contributed by atoms with Crippen molar-refractivity contribution >= 4 is 5.82 Å². The summed E-state index contributed by atoms with van der Waals surface area (Å²) < 4.78 is 0. The lowest BCUT2D eigenvalue weighted by Gasteiger charge is -2.02. The molecule has 3 N–H and O–H groups in total. The van der Waals surface area contributed by atoms with Crippen molar-refractivity contribution in [1.82, 2.24) is 4.98 Å². The molecule has 3 nitrogen and oxygen atoms in total. The van der Waals surface area contributed by atoms with Gasteiger partial charge >= 0.3 is 0 Å². The topological polar surface area (TPSA) is 50.9 Å². The molecule has 0 saturated heterocycles. The minimum Gasteiger partial charge on any atom is -0.386 e. The van der Waals surface area contributed by atoms with Gasteiger partial charge in [-0.25, -0.2) is 4.98 Å². The maximum atomic E-state index is 5.32. The summed E-state index contributed by atoms with van der Waals surface area (Å²) in [7, 11) is 0. The Balaban J connectivity index is 2.74. The second kappa shape index (κ2) is 3.05. The zero-order chi connectivity index (χ0) is 8.27. The van der Waals surface area contributed by atoms with Gasteiger partial charge in [0.25, 0.3) is 0 Å². The van der Waals surface area contributed by atoms with Crippen molar-refractivity contribution in [3.8, 4) is 0 Å². The van der Waals surface area contributed by atoms with Crippen molar-refractivity contribution in [2.75, 3.05) is 5.32 Å². The summed E-state index contributed by atoms with van der Waals surface area (Å²) in [4.78, 5) is 4.07. The Kier molecular flexibility index (Phi) is 2.11. The first-order valence-electron chi connectivity index (χ1n) is 3.32. The van der Waals surface area contributed by atoms with E-state index in [1.807, 2.05) is 19.1 Å². The Morgan fingerprint density at radius 3 is 2.82 bits per heavy atom. The van der Waals surface area contributed by atoms with Gasteiger partial charge in [-0.3, -0.25) is 0 Å². The minimum absolute atomic E-state index is 0.404. The van der Waals surface area contributed by atoms with Crippen molar-refractivity contribution in [2.45, 2.75) is 6.92 Å². The largest absolute Gasteiger partial charge is 0.386 e. The third-order valence-corrected chi connectivity index (χ3v) is 1.20. The molecule has 0 spiro atoms. The maximum Gasteiger partial charge on any atom is 0.131 e. The van der Waals surface area contributed by atoms with Crippen molar-refractivity contribution in [2.24, 2.45) is 5.73 Å². The third-order valence-electron chi connectivity index (χ3n) is 1.20. The number of nitrogens with one attached hydrogen (secondary N) is 1. The van der Waals surface area contributed by atoms with Crippen LogP contribution >= 0.6 is 0 Å². The quantitative estimate of drug-likeness (QED) is 0.665. The summed E-state index contributed by atoms with van der Waals surface area (Å²) in [5, 5.41) is 2.80. The summed E-state index contributed by atoms with van der Waals surface area (Å²) >= 11 is 0. The van der Waals surface area contributed by atoms with Crippen LogP contribution in [0.3, 0.4) is 0 Å². The van der Waals surface area contributed by atoms with Crippen LogP contribution in [0.5, 0.6) is 0 Å². The molecule has 0 aliphatic carbocycles. The molecule has 0 bridgehead atoms. The molecule has 1 aromatic rings. The van der Waals surface area contributed by atoms with E-state index in [9.17, 15) is 0 Å². The Hall–Kier alpha value is -1.51. The predicted molar refractivity (Wildman–Crippen MR) is 45.9 cm³/mol. The molecule has 0 unspecified atom stereocenters. The van der Waals surface area contributed by atoms with Gasteiger partial charge in [-0.05, 0) is 18.6 Å². The minimum atomic E-state index is 0.404. The molecule has 3 heteroatoms. The lowest BCUT2D eigenvalue weighted by Crippen LogP contribution is -2.07. The molecule has 1 aromatic heterocycles. The highest BCUT2D eigenvalue weighted by Gasteiger charge is 1.90. The van der Waals surface area contributed by atoms with Crippen LogP contribution in [0.4, 0.5) is 5.82 Å². The number of hydrogen-bond acceptors (Lipinski definition) is 3. The van der Waals surface area contributed by atoms with E-state index in [2.05, 4.69) is 16.9 Å². The number of hydrogen-bond donors (Lipinski definition) is 2. The molecule has 0 aliphatic rings. The average molecular weight is 149 g/mol. The van der Waals surface area contributed by atoms with Crippen molar-refractivity contribution < 1.29 is 0 Å². The van der Waals surface area contributed by atoms with Crippen LogP contribution in [-0.2, 0) is 0 Å². The summed E-state index contributed by atoms with van der Waals surface area (Å²) in [5.41, 5.74) is 6.44. The number of anilines is 1. The van der Waals surface area contributed by atoms with Crippen LogP contribution < -0.4 is 11.1 Å². The van der Waals surface area contributed by atoms with E-state index in [1.165, 1.54) is 0 Å². The second-order valence-electron chi connectivity index (χ2n) is 2.37. The molecule has 0 amide bonds. The van der Waals surface area contributed by atoms with Crippen LogP contribution in [0.25, 0.3) is 0 Å². The lowest BCUT2D eigenvalue weighted by atomic mass is 10.3. The fourth-order valence-corrected chi connectivity index (χ4v) is 0.706. The summed E-state index contributed by atoms with van der Waals surface area (Å²) in [6.07, 6.45) is 1.77. The van der Waals surface area contributed by atoms with E-state index in [0.717, 1.165) is 11.4 Å². The van der Waals surface area contributed by atoms with E-state index in [-0.39, 0.29) is 0 Å². The molecule has 0 atom stereocenters. The molecular weight excluding hydrogens is 138 g/mol. The average Bonchev–Trinajstić information content (AvgIpc) is 1.93. The van der Waals surface area contributed by atoms with Crippen LogP contribution in [0, 0.1) is 6.92 Å². The van der Waals surface area contributed by atoms with E-state index >= 15 is 0 Å². The Morgan fingerprint density at radius 1 is 1.64 bits per heavy atom. The molecule has 1 heterocycles. The standard InChI is InChI=1S/C8H11N3/c1-6-3-4-8(10-5-6)11-7(2)9/h3-5H,2,9H2,1H3,(H,10,11). The molecule has 0 aromatic carbocycles. The summed E-state index contributed by atoms with van der Waals surface area (Å²) in [6, 6.07) is 3.81. The summed E-state index contributed by atoms with van der Waals surface area (Å²) in [5.74, 6) is 1.13. The highest BCUT2D eigenvalue weighted by molar-refractivity contribution is 5.39. The van der Waals surface area contributed by atoms with E-state index < -0.39 is 0 Å². The van der Waals surface area contributed by atoms with Crippen LogP contribution in [0.1, 0.15) is 5.56 Å². The van der Waals surface area contributed by atoms with Gasteiger partial charge in [-0.1, -0.05) is 12.6 Å². The molecular formula is C8H11N3. The van der Waals surface area contributed by atoms with Crippen LogP contribution in [0.15, 0.2) is 30.7 Å². The SMILES string of the molecule is C=C(N)Nc1ccc(C)cn1. The Bertz CT molecular complexity index is 251. The number of nitrogens with zero attached hydrogens (tertiary/aromatic N) is 1. The van der Waals surface area contributed by atoms with E-state index in [4.69, 9.17) is 5.73 Å². The van der Waals surface area contributed by atoms with Crippen molar-refractivity contribution in [3.05, 3.63) is 36.3 Å². The molecule has 11 heavy (non-hydrogen) atoms. The molecule has 1 rings (SSSR count). The third kappa shape index (κ3) is 2.29. The fraction of sp³-hybridized carbons (Fsp3) is 0.125. The lowest BCUT2D eigenvalue weighted by molar-refractivity contribution is 1.21. The highest BCUT2D eigenvalue weighted by Crippen LogP contribution is 2.03. The van der Waals surface area contributed by atoms with Gasteiger partial charge in [-0.2, -0.15) is 0 Å². The maximum absolute atomic E-state index is 5.32. The van der Waals surface area contributed by atoms with Gasteiger partial charge in [-0.15, -0.1) is 0 Å². The van der Waals surface area contributed by atoms with E-state index in [1.54, 1.807) is 6.20 Å². The number of aromatic nitrogens is 1. The Morgan fingerprint density at radius 2 is 2.36 bits per heavy atom. The van der Waals surface area contributed by atoms with Gasteiger partial charge in [0.2, 0.25) is 0 Å². The molecule has 58 valence electrons. The number of aryl methyl sites for hydroxylation is 1. The van der Waals surface area contributed by atoms with Gasteiger partial charge < -0.3 is 11.1 Å². The fourth-order valence-electron chi connectivity index (χ4n) is 0.706. The molecule has 0 aliphatic heterocycles. The monoisotopic (exact) mass is 149 g/mol. The zero-order valence-corrected chi connectivity index (χ0v) is 6.46. The smallest absolute Gasteiger partial charge is 0.131 e. The number of rotatable bonds is 2. The molecule has 0 fully saturated rings. The van der Waals surface area contributed by atoms with Crippen LogP contribution in [-0.4, -0.2) is 4.98 Å². The number of nitrogens with two attached hydrogens (primary N) is 1. The highest BCUT2D eigenvalue weighted by atomic mass is 15.0. The van der Waals surface area contributed by atoms with Crippen molar-refractivity contribution in [1.29, 1.82) is 0 Å².